The number of anilines is 1. The third kappa shape index (κ3) is 2.29. The molecule has 0 saturated carbocycles. The van der Waals surface area contributed by atoms with E-state index in [1.165, 1.54) is 10.6 Å². The smallest absolute Gasteiger partial charge is 0.0507 e. The Morgan fingerprint density at radius 3 is 2.93 bits per heavy atom. The summed E-state index contributed by atoms with van der Waals surface area (Å²) in [5.41, 5.74) is 1.39. The van der Waals surface area contributed by atoms with Gasteiger partial charge in [-0.15, -0.1) is 11.8 Å². The van der Waals surface area contributed by atoms with E-state index < -0.39 is 0 Å². The van der Waals surface area contributed by atoms with Gasteiger partial charge in [-0.25, -0.2) is 0 Å². The van der Waals surface area contributed by atoms with Crippen LogP contribution in [0.3, 0.4) is 0 Å². The predicted molar refractivity (Wildman–Crippen MR) is 67.9 cm³/mol. The summed E-state index contributed by atoms with van der Waals surface area (Å²) in [4.78, 5) is 3.88. The molecule has 0 aliphatic carbocycles. The predicted octanol–water partition coefficient (Wildman–Crippen LogP) is 2.21. The fraction of sp³-hybridized carbons (Fsp3) is 0.500. The third-order valence-corrected chi connectivity index (χ3v) is 3.68. The molecule has 1 fully saturated rings. The molecule has 0 spiro atoms. The first kappa shape index (κ1) is 10.8. The minimum Gasteiger partial charge on any atom is -0.365 e. The maximum atomic E-state index is 3.42. The van der Waals surface area contributed by atoms with E-state index in [0.717, 1.165) is 19.6 Å². The largest absolute Gasteiger partial charge is 0.365 e. The molecule has 0 aromatic heterocycles. The zero-order valence-electron chi connectivity index (χ0n) is 9.36. The van der Waals surface area contributed by atoms with Crippen molar-refractivity contribution in [3.63, 3.8) is 0 Å². The molecule has 1 saturated heterocycles. The molecular formula is C12H18N2S. The van der Waals surface area contributed by atoms with E-state index in [1.807, 2.05) is 11.8 Å². The van der Waals surface area contributed by atoms with Crippen LogP contribution in [0.1, 0.15) is 6.92 Å². The topological polar surface area (TPSA) is 15.3 Å². The molecule has 2 nitrogen and oxygen atoms in total. The molecule has 0 radical (unpaired) electrons. The highest BCUT2D eigenvalue weighted by Crippen LogP contribution is 2.29. The minimum atomic E-state index is 0.590. The molecule has 1 heterocycles. The van der Waals surface area contributed by atoms with Crippen molar-refractivity contribution in [1.29, 1.82) is 0 Å². The third-order valence-electron chi connectivity index (χ3n) is 2.90. The first-order valence-corrected chi connectivity index (χ1v) is 6.66. The van der Waals surface area contributed by atoms with Crippen LogP contribution in [0.4, 0.5) is 5.69 Å². The monoisotopic (exact) mass is 222 g/mol. The zero-order valence-corrected chi connectivity index (χ0v) is 10.2. The Morgan fingerprint density at radius 2 is 2.20 bits per heavy atom. The number of hydrogen-bond acceptors (Lipinski definition) is 3. The molecule has 1 N–H and O–H groups in total. The number of rotatable bonds is 2. The van der Waals surface area contributed by atoms with Crippen LogP contribution in [0.15, 0.2) is 29.2 Å². The van der Waals surface area contributed by atoms with Crippen LogP contribution < -0.4 is 10.2 Å². The standard InChI is InChI=1S/C12H18N2S/c1-10-9-13-7-8-14(10)11-5-3-4-6-12(11)15-2/h3-6,10,13H,7-9H2,1-2H3/t10-/m0/s1. The normalized spacial score (nSPS) is 21.7. The molecule has 1 aliphatic heterocycles. The van der Waals surface area contributed by atoms with Crippen molar-refractivity contribution in [3.8, 4) is 0 Å². The Kier molecular flexibility index (Phi) is 3.54. The minimum absolute atomic E-state index is 0.590. The van der Waals surface area contributed by atoms with E-state index in [-0.39, 0.29) is 0 Å². The Hall–Kier alpha value is -0.670. The molecule has 1 aliphatic rings. The Balaban J connectivity index is 2.26. The van der Waals surface area contributed by atoms with E-state index in [4.69, 9.17) is 0 Å². The maximum absolute atomic E-state index is 3.42. The number of piperazine rings is 1. The van der Waals surface area contributed by atoms with Gasteiger partial charge in [0.2, 0.25) is 0 Å². The highest BCUT2D eigenvalue weighted by molar-refractivity contribution is 7.98. The molecule has 82 valence electrons. The molecular weight excluding hydrogens is 204 g/mol. The van der Waals surface area contributed by atoms with Crippen LogP contribution in [0.2, 0.25) is 0 Å². The summed E-state index contributed by atoms with van der Waals surface area (Å²) in [6.07, 6.45) is 2.14. The van der Waals surface area contributed by atoms with Gasteiger partial charge in [-0.1, -0.05) is 12.1 Å². The highest BCUT2D eigenvalue weighted by Gasteiger charge is 2.19. The summed E-state index contributed by atoms with van der Waals surface area (Å²) in [5, 5.41) is 3.42. The van der Waals surface area contributed by atoms with Crippen LogP contribution in [0.5, 0.6) is 0 Å². The number of hydrogen-bond donors (Lipinski definition) is 1. The summed E-state index contributed by atoms with van der Waals surface area (Å²) < 4.78 is 0. The van der Waals surface area contributed by atoms with E-state index in [0.29, 0.717) is 6.04 Å². The van der Waals surface area contributed by atoms with Gasteiger partial charge in [0, 0.05) is 30.6 Å². The summed E-state index contributed by atoms with van der Waals surface area (Å²) in [5.74, 6) is 0. The summed E-state index contributed by atoms with van der Waals surface area (Å²) in [6.45, 7) is 5.57. The number of nitrogens with zero attached hydrogens (tertiary/aromatic N) is 1. The van der Waals surface area contributed by atoms with Gasteiger partial charge in [0.15, 0.2) is 0 Å². The van der Waals surface area contributed by atoms with Crippen LogP contribution >= 0.6 is 11.8 Å². The summed E-state index contributed by atoms with van der Waals surface area (Å²) in [6, 6.07) is 9.26. The van der Waals surface area contributed by atoms with Crippen molar-refractivity contribution in [2.45, 2.75) is 17.9 Å². The first-order chi connectivity index (χ1) is 7.33. The highest BCUT2D eigenvalue weighted by atomic mass is 32.2. The Morgan fingerprint density at radius 1 is 1.40 bits per heavy atom. The molecule has 2 rings (SSSR count). The van der Waals surface area contributed by atoms with Crippen molar-refractivity contribution < 1.29 is 0 Å². The molecule has 1 aromatic carbocycles. The first-order valence-electron chi connectivity index (χ1n) is 5.43. The molecule has 1 atom stereocenters. The van der Waals surface area contributed by atoms with Gasteiger partial charge in [-0.3, -0.25) is 0 Å². The number of nitrogens with one attached hydrogen (secondary N) is 1. The van der Waals surface area contributed by atoms with Gasteiger partial charge in [0.25, 0.3) is 0 Å². The van der Waals surface area contributed by atoms with Crippen molar-refractivity contribution in [2.24, 2.45) is 0 Å². The number of para-hydroxylation sites is 1. The number of benzene rings is 1. The van der Waals surface area contributed by atoms with E-state index in [1.54, 1.807) is 0 Å². The van der Waals surface area contributed by atoms with Crippen LogP contribution in [0.25, 0.3) is 0 Å². The van der Waals surface area contributed by atoms with E-state index in [9.17, 15) is 0 Å². The maximum Gasteiger partial charge on any atom is 0.0507 e. The van der Waals surface area contributed by atoms with Gasteiger partial charge in [-0.05, 0) is 25.3 Å². The second-order valence-corrected chi connectivity index (χ2v) is 4.77. The van der Waals surface area contributed by atoms with Crippen molar-refractivity contribution in [1.82, 2.24) is 5.32 Å². The SMILES string of the molecule is CSc1ccccc1N1CCNC[C@@H]1C. The van der Waals surface area contributed by atoms with Crippen LogP contribution in [-0.4, -0.2) is 31.9 Å². The zero-order chi connectivity index (χ0) is 10.7. The van der Waals surface area contributed by atoms with E-state index >= 15 is 0 Å². The fourth-order valence-electron chi connectivity index (χ4n) is 2.07. The Labute approximate surface area is 96.0 Å². The molecule has 0 unspecified atom stereocenters. The average Bonchev–Trinajstić information content (AvgIpc) is 2.30. The van der Waals surface area contributed by atoms with Gasteiger partial charge in [0.1, 0.15) is 0 Å². The number of thioether (sulfide) groups is 1. The molecule has 15 heavy (non-hydrogen) atoms. The lowest BCUT2D eigenvalue weighted by Gasteiger charge is -2.36. The van der Waals surface area contributed by atoms with Crippen LogP contribution in [0, 0.1) is 0 Å². The summed E-state index contributed by atoms with van der Waals surface area (Å²) >= 11 is 1.83. The molecule has 0 bridgehead atoms. The van der Waals surface area contributed by atoms with Crippen LogP contribution in [-0.2, 0) is 0 Å². The van der Waals surface area contributed by atoms with Crippen molar-refractivity contribution in [3.05, 3.63) is 24.3 Å². The average molecular weight is 222 g/mol. The summed E-state index contributed by atoms with van der Waals surface area (Å²) in [7, 11) is 0. The second kappa shape index (κ2) is 4.90. The van der Waals surface area contributed by atoms with Crippen molar-refractivity contribution in [2.75, 3.05) is 30.8 Å². The lowest BCUT2D eigenvalue weighted by atomic mass is 10.2. The van der Waals surface area contributed by atoms with Gasteiger partial charge in [0.05, 0.1) is 5.69 Å². The quantitative estimate of drug-likeness (QED) is 0.772. The molecule has 1 aromatic rings. The van der Waals surface area contributed by atoms with Crippen molar-refractivity contribution >= 4 is 17.4 Å². The second-order valence-electron chi connectivity index (χ2n) is 3.92. The van der Waals surface area contributed by atoms with Gasteiger partial charge in [-0.2, -0.15) is 0 Å². The lowest BCUT2D eigenvalue weighted by Crippen LogP contribution is -2.50. The Bertz CT molecular complexity index is 327. The fourth-order valence-corrected chi connectivity index (χ4v) is 2.68. The molecule has 0 amide bonds. The van der Waals surface area contributed by atoms with Gasteiger partial charge >= 0.3 is 0 Å². The van der Waals surface area contributed by atoms with Gasteiger partial charge < -0.3 is 10.2 Å². The molecule has 3 heteroatoms. The lowest BCUT2D eigenvalue weighted by molar-refractivity contribution is 0.499. The van der Waals surface area contributed by atoms with E-state index in [2.05, 4.69) is 47.7 Å².